The van der Waals surface area contributed by atoms with Crippen LogP contribution in [0.15, 0.2) is 29.6 Å². The highest BCUT2D eigenvalue weighted by Crippen LogP contribution is 2.32. The zero-order valence-electron chi connectivity index (χ0n) is 13.3. The number of methoxy groups -OCH3 is 1. The Balaban J connectivity index is 1.87. The van der Waals surface area contributed by atoms with E-state index in [1.165, 1.54) is 11.3 Å². The smallest absolute Gasteiger partial charge is 0.128 e. The maximum absolute atomic E-state index is 7.26. The molecule has 1 aliphatic rings. The number of thiazole rings is 1. The number of para-hydroxylation sites is 1. The van der Waals surface area contributed by atoms with Crippen molar-refractivity contribution in [3.8, 4) is 17.0 Å². The standard InChI is InChI=1S/C14H16N2O2S/c1-17-12-5-3-2-4-10(12)11-9-19-14(16-11)13-8-15-6-7-18-13/h2-5,9,13,15H,6-8H2,1H3/t13-/m1/s1/i1D3. The Morgan fingerprint density at radius 2 is 2.47 bits per heavy atom. The van der Waals surface area contributed by atoms with Crippen molar-refractivity contribution in [1.29, 1.82) is 0 Å². The summed E-state index contributed by atoms with van der Waals surface area (Å²) in [7, 11) is -2.48. The number of nitrogens with one attached hydrogen (secondary N) is 1. The van der Waals surface area contributed by atoms with E-state index in [0.717, 1.165) is 18.1 Å². The van der Waals surface area contributed by atoms with Gasteiger partial charge in [0.05, 0.1) is 23.5 Å². The Morgan fingerprint density at radius 1 is 1.53 bits per heavy atom. The molecule has 1 aliphatic heterocycles. The maximum Gasteiger partial charge on any atom is 0.128 e. The quantitative estimate of drug-likeness (QED) is 0.937. The third-order valence-corrected chi connectivity index (χ3v) is 3.93. The monoisotopic (exact) mass is 279 g/mol. The predicted molar refractivity (Wildman–Crippen MR) is 75.7 cm³/mol. The Morgan fingerprint density at radius 3 is 3.32 bits per heavy atom. The Bertz CT molecular complexity index is 639. The van der Waals surface area contributed by atoms with Gasteiger partial charge in [0.1, 0.15) is 16.9 Å². The van der Waals surface area contributed by atoms with E-state index in [4.69, 9.17) is 13.6 Å². The highest BCUT2D eigenvalue weighted by Gasteiger charge is 2.20. The molecule has 2 aromatic rings. The molecule has 0 aliphatic carbocycles. The highest BCUT2D eigenvalue weighted by atomic mass is 32.1. The molecule has 0 saturated carbocycles. The number of morpholine rings is 1. The molecule has 0 spiro atoms. The number of hydrogen-bond acceptors (Lipinski definition) is 5. The van der Waals surface area contributed by atoms with Crippen LogP contribution in [0.25, 0.3) is 11.3 Å². The van der Waals surface area contributed by atoms with E-state index in [9.17, 15) is 0 Å². The minimum Gasteiger partial charge on any atom is -0.496 e. The van der Waals surface area contributed by atoms with Crippen molar-refractivity contribution >= 4 is 11.3 Å². The molecule has 1 N–H and O–H groups in total. The van der Waals surface area contributed by atoms with Gasteiger partial charge in [0.15, 0.2) is 0 Å². The van der Waals surface area contributed by atoms with E-state index in [0.29, 0.717) is 23.6 Å². The molecule has 0 radical (unpaired) electrons. The molecule has 0 unspecified atom stereocenters. The number of benzene rings is 1. The van der Waals surface area contributed by atoms with E-state index in [1.807, 2.05) is 11.4 Å². The van der Waals surface area contributed by atoms with Crippen molar-refractivity contribution in [1.82, 2.24) is 10.3 Å². The van der Waals surface area contributed by atoms with Crippen LogP contribution in [0.1, 0.15) is 15.2 Å². The first-order valence-electron chi connectivity index (χ1n) is 7.59. The molecule has 1 atom stereocenters. The molecule has 0 bridgehead atoms. The summed E-state index contributed by atoms with van der Waals surface area (Å²) < 4.78 is 32.5. The van der Waals surface area contributed by atoms with E-state index in [2.05, 4.69) is 10.3 Å². The first-order chi connectivity index (χ1) is 10.5. The van der Waals surface area contributed by atoms with Gasteiger partial charge in [0.2, 0.25) is 0 Å². The lowest BCUT2D eigenvalue weighted by molar-refractivity contribution is 0.0276. The van der Waals surface area contributed by atoms with Crippen LogP contribution in [0, 0.1) is 0 Å². The van der Waals surface area contributed by atoms with Gasteiger partial charge in [-0.05, 0) is 12.1 Å². The minimum absolute atomic E-state index is 0.0526. The van der Waals surface area contributed by atoms with E-state index in [-0.39, 0.29) is 6.10 Å². The molecular formula is C14H16N2O2S. The summed E-state index contributed by atoms with van der Waals surface area (Å²) in [6.07, 6.45) is -0.0526. The fourth-order valence-electron chi connectivity index (χ4n) is 2.05. The zero-order chi connectivity index (χ0) is 15.6. The fourth-order valence-corrected chi connectivity index (χ4v) is 2.92. The van der Waals surface area contributed by atoms with E-state index >= 15 is 0 Å². The number of aromatic nitrogens is 1. The van der Waals surface area contributed by atoms with Crippen LogP contribution in [-0.4, -0.2) is 31.7 Å². The van der Waals surface area contributed by atoms with Gasteiger partial charge in [-0.25, -0.2) is 4.98 Å². The average Bonchev–Trinajstić information content (AvgIpc) is 2.97. The summed E-state index contributed by atoms with van der Waals surface area (Å²) in [5.74, 6) is 0.307. The molecule has 1 fully saturated rings. The average molecular weight is 279 g/mol. The second-order valence-corrected chi connectivity index (χ2v) is 5.12. The number of nitrogens with zero attached hydrogens (tertiary/aromatic N) is 1. The lowest BCUT2D eigenvalue weighted by Gasteiger charge is -2.21. The van der Waals surface area contributed by atoms with Crippen molar-refractivity contribution in [2.24, 2.45) is 0 Å². The van der Waals surface area contributed by atoms with Gasteiger partial charge in [-0.2, -0.15) is 0 Å². The zero-order valence-corrected chi connectivity index (χ0v) is 11.1. The van der Waals surface area contributed by atoms with Crippen LogP contribution in [-0.2, 0) is 4.74 Å². The molecule has 2 heterocycles. The first-order valence-corrected chi connectivity index (χ1v) is 6.97. The third kappa shape index (κ3) is 2.63. The van der Waals surface area contributed by atoms with Crippen molar-refractivity contribution in [3.05, 3.63) is 34.7 Å². The van der Waals surface area contributed by atoms with Crippen molar-refractivity contribution < 1.29 is 13.6 Å². The predicted octanol–water partition coefficient (Wildman–Crippen LogP) is 2.48. The fraction of sp³-hybridized carbons (Fsp3) is 0.357. The lowest BCUT2D eigenvalue weighted by atomic mass is 10.1. The van der Waals surface area contributed by atoms with Crippen LogP contribution in [0.4, 0.5) is 0 Å². The summed E-state index contributed by atoms with van der Waals surface area (Å²) in [4.78, 5) is 4.58. The molecule has 100 valence electrons. The molecule has 1 aromatic heterocycles. The van der Waals surface area contributed by atoms with Gasteiger partial charge in [-0.15, -0.1) is 11.3 Å². The van der Waals surface area contributed by atoms with E-state index in [1.54, 1.807) is 18.2 Å². The van der Waals surface area contributed by atoms with Crippen LogP contribution in [0.2, 0.25) is 0 Å². The number of rotatable bonds is 3. The Hall–Kier alpha value is -1.43. The van der Waals surface area contributed by atoms with Gasteiger partial charge < -0.3 is 14.8 Å². The second-order valence-electron chi connectivity index (χ2n) is 4.23. The molecule has 3 rings (SSSR count). The summed E-state index contributed by atoms with van der Waals surface area (Å²) in [6.45, 7) is 2.25. The Labute approximate surface area is 120 Å². The van der Waals surface area contributed by atoms with Gasteiger partial charge in [-0.1, -0.05) is 12.1 Å². The van der Waals surface area contributed by atoms with Crippen LogP contribution in [0.5, 0.6) is 5.75 Å². The number of hydrogen-bond donors (Lipinski definition) is 1. The molecule has 1 aromatic carbocycles. The van der Waals surface area contributed by atoms with Gasteiger partial charge in [-0.3, -0.25) is 0 Å². The molecule has 4 nitrogen and oxygen atoms in total. The maximum atomic E-state index is 7.26. The summed E-state index contributed by atoms with van der Waals surface area (Å²) >= 11 is 1.51. The molecule has 19 heavy (non-hydrogen) atoms. The summed E-state index contributed by atoms with van der Waals surface area (Å²) in [5, 5.41) is 6.05. The molecule has 5 heteroatoms. The second kappa shape index (κ2) is 5.69. The largest absolute Gasteiger partial charge is 0.496 e. The van der Waals surface area contributed by atoms with Crippen LogP contribution >= 0.6 is 11.3 Å². The molecule has 0 amide bonds. The number of ether oxygens (including phenoxy) is 2. The normalized spacial score (nSPS) is 22.3. The van der Waals surface area contributed by atoms with Gasteiger partial charge >= 0.3 is 0 Å². The van der Waals surface area contributed by atoms with Crippen molar-refractivity contribution in [2.45, 2.75) is 6.10 Å². The van der Waals surface area contributed by atoms with Gasteiger partial charge in [0, 0.05) is 24.0 Å². The van der Waals surface area contributed by atoms with Gasteiger partial charge in [0.25, 0.3) is 0 Å². The van der Waals surface area contributed by atoms with Crippen LogP contribution < -0.4 is 10.1 Å². The summed E-state index contributed by atoms with van der Waals surface area (Å²) in [5.41, 5.74) is 1.37. The lowest BCUT2D eigenvalue weighted by Crippen LogP contribution is -2.33. The van der Waals surface area contributed by atoms with E-state index < -0.39 is 7.04 Å². The minimum atomic E-state index is -2.48. The third-order valence-electron chi connectivity index (χ3n) is 3.00. The molecule has 1 saturated heterocycles. The highest BCUT2D eigenvalue weighted by molar-refractivity contribution is 7.10. The topological polar surface area (TPSA) is 43.4 Å². The summed E-state index contributed by atoms with van der Waals surface area (Å²) in [6, 6.07) is 7.02. The first kappa shape index (κ1) is 9.47. The molecular weight excluding hydrogens is 260 g/mol. The van der Waals surface area contributed by atoms with Crippen molar-refractivity contribution in [3.63, 3.8) is 0 Å². The van der Waals surface area contributed by atoms with Crippen LogP contribution in [0.3, 0.4) is 0 Å². The SMILES string of the molecule is [2H]C([2H])([2H])Oc1ccccc1-c1csc([C@H]2CNCCO2)n1. The van der Waals surface area contributed by atoms with Crippen molar-refractivity contribution in [2.75, 3.05) is 26.7 Å². The Kier molecular flexibility index (Phi) is 2.84.